The van der Waals surface area contributed by atoms with Crippen molar-refractivity contribution in [2.75, 3.05) is 0 Å². The molecule has 0 N–H and O–H groups in total. The molecule has 0 aliphatic heterocycles. The molecule has 96 valence electrons. The number of nitrogens with zero attached hydrogens (tertiary/aromatic N) is 1. The van der Waals surface area contributed by atoms with E-state index >= 15 is 0 Å². The maximum absolute atomic E-state index is 10.6. The number of non-ortho nitro benzene ring substituents is 1. The quantitative estimate of drug-likeness (QED) is 0.413. The highest BCUT2D eigenvalue weighted by Gasteiger charge is 2.06. The molecule has 0 bridgehead atoms. The molecule has 0 unspecified atom stereocenters. The maximum atomic E-state index is 10.6. The smallest absolute Gasteiger partial charge is 0.258 e. The minimum Gasteiger partial charge on any atom is -0.258 e. The van der Waals surface area contributed by atoms with Crippen molar-refractivity contribution in [2.24, 2.45) is 0 Å². The van der Waals surface area contributed by atoms with Crippen LogP contribution in [0.25, 0.3) is 10.6 Å². The topological polar surface area (TPSA) is 43.1 Å². The van der Waals surface area contributed by atoms with Crippen LogP contribution in [-0.4, -0.2) is 4.92 Å². The van der Waals surface area contributed by atoms with Crippen LogP contribution >= 0.6 is 31.9 Å². The summed E-state index contributed by atoms with van der Waals surface area (Å²) in [5, 5.41) is 10.6. The molecule has 0 heterocycles. The molecule has 0 aliphatic carbocycles. The largest absolute Gasteiger partial charge is 0.269 e. The Hall–Kier alpha value is -1.46. The van der Waals surface area contributed by atoms with Crippen LogP contribution in [0.15, 0.2) is 53.0 Å². The van der Waals surface area contributed by atoms with Gasteiger partial charge in [0.1, 0.15) is 0 Å². The van der Waals surface area contributed by atoms with E-state index in [1.807, 2.05) is 30.3 Å². The number of benzene rings is 2. The zero-order valence-electron chi connectivity index (χ0n) is 9.72. The van der Waals surface area contributed by atoms with E-state index in [0.717, 1.165) is 20.1 Å². The maximum Gasteiger partial charge on any atom is 0.269 e. The summed E-state index contributed by atoms with van der Waals surface area (Å²) in [5.41, 5.74) is 2.01. The van der Waals surface area contributed by atoms with Crippen LogP contribution < -0.4 is 0 Å². The zero-order valence-corrected chi connectivity index (χ0v) is 12.9. The van der Waals surface area contributed by atoms with Crippen molar-refractivity contribution in [3.8, 4) is 0 Å². The van der Waals surface area contributed by atoms with Gasteiger partial charge in [-0.2, -0.15) is 0 Å². The molecule has 2 rings (SSSR count). The predicted octanol–water partition coefficient (Wildman–Crippen LogP) is 5.25. The van der Waals surface area contributed by atoms with Gasteiger partial charge in [-0.05, 0) is 35.4 Å². The minimum atomic E-state index is -0.408. The average molecular weight is 383 g/mol. The Labute approximate surface area is 127 Å². The lowest BCUT2D eigenvalue weighted by atomic mass is 10.1. The molecule has 19 heavy (non-hydrogen) atoms. The molecule has 5 heteroatoms. The number of nitro groups is 1. The van der Waals surface area contributed by atoms with Crippen molar-refractivity contribution in [1.29, 1.82) is 0 Å². The van der Waals surface area contributed by atoms with Gasteiger partial charge in [0, 0.05) is 21.1 Å². The Morgan fingerprint density at radius 2 is 1.74 bits per heavy atom. The van der Waals surface area contributed by atoms with Gasteiger partial charge in [-0.3, -0.25) is 10.1 Å². The van der Waals surface area contributed by atoms with Crippen molar-refractivity contribution in [3.63, 3.8) is 0 Å². The van der Waals surface area contributed by atoms with Gasteiger partial charge in [0.05, 0.1) is 4.92 Å². The fourth-order valence-electron chi connectivity index (χ4n) is 1.55. The Kier molecular flexibility index (Phi) is 4.50. The van der Waals surface area contributed by atoms with Crippen molar-refractivity contribution in [1.82, 2.24) is 0 Å². The fraction of sp³-hybridized carbons (Fsp3) is 0. The van der Waals surface area contributed by atoms with Crippen molar-refractivity contribution in [3.05, 3.63) is 74.2 Å². The second kappa shape index (κ2) is 6.12. The molecule has 0 aromatic heterocycles. The van der Waals surface area contributed by atoms with Gasteiger partial charge in [-0.25, -0.2) is 0 Å². The van der Waals surface area contributed by atoms with E-state index in [2.05, 4.69) is 31.9 Å². The third-order valence-electron chi connectivity index (χ3n) is 2.54. The lowest BCUT2D eigenvalue weighted by Gasteiger charge is -2.02. The first-order chi connectivity index (χ1) is 9.08. The van der Waals surface area contributed by atoms with Crippen LogP contribution in [0.2, 0.25) is 0 Å². The lowest BCUT2D eigenvalue weighted by molar-refractivity contribution is -0.384. The first-order valence-electron chi connectivity index (χ1n) is 5.44. The molecule has 0 amide bonds. The monoisotopic (exact) mass is 381 g/mol. The molecule has 0 spiro atoms. The van der Waals surface area contributed by atoms with Gasteiger partial charge in [-0.15, -0.1) is 0 Å². The van der Waals surface area contributed by atoms with E-state index in [0.29, 0.717) is 0 Å². The first kappa shape index (κ1) is 14.0. The van der Waals surface area contributed by atoms with Gasteiger partial charge in [0.2, 0.25) is 0 Å². The summed E-state index contributed by atoms with van der Waals surface area (Å²) < 4.78 is 1.86. The lowest BCUT2D eigenvalue weighted by Crippen LogP contribution is -1.87. The molecule has 0 saturated carbocycles. The summed E-state index contributed by atoms with van der Waals surface area (Å²) in [6, 6.07) is 14.3. The van der Waals surface area contributed by atoms with Gasteiger partial charge in [-0.1, -0.05) is 50.1 Å². The molecular formula is C14H9Br2NO2. The van der Waals surface area contributed by atoms with Crippen LogP contribution in [0.5, 0.6) is 0 Å². The average Bonchev–Trinajstić information content (AvgIpc) is 2.41. The number of halogens is 2. The highest BCUT2D eigenvalue weighted by molar-refractivity contribution is 9.15. The number of hydrogen-bond acceptors (Lipinski definition) is 2. The van der Waals surface area contributed by atoms with Crippen molar-refractivity contribution >= 4 is 48.1 Å². The Bertz CT molecular complexity index is 636. The normalized spacial score (nSPS) is 11.4. The molecule has 0 atom stereocenters. The second-order valence-corrected chi connectivity index (χ2v) is 5.53. The highest BCUT2D eigenvalue weighted by atomic mass is 79.9. The molecule has 3 nitrogen and oxygen atoms in total. The number of hydrogen-bond donors (Lipinski definition) is 0. The van der Waals surface area contributed by atoms with Crippen molar-refractivity contribution < 1.29 is 4.92 Å². The van der Waals surface area contributed by atoms with E-state index < -0.39 is 4.92 Å². The van der Waals surface area contributed by atoms with E-state index in [-0.39, 0.29) is 5.69 Å². The molecule has 0 radical (unpaired) electrons. The van der Waals surface area contributed by atoms with Gasteiger partial charge >= 0.3 is 0 Å². The van der Waals surface area contributed by atoms with E-state index in [1.165, 1.54) is 12.1 Å². The Morgan fingerprint density at radius 3 is 2.32 bits per heavy atom. The standard InChI is InChI=1S/C14H9Br2NO2/c15-13-4-2-1-3-11(13)9-14(16)10-5-7-12(8-6-10)17(18)19/h1-9H/b14-9-. The number of nitro benzene ring substituents is 1. The van der Waals surface area contributed by atoms with Crippen LogP contribution in [0, 0.1) is 10.1 Å². The van der Waals surface area contributed by atoms with Gasteiger partial charge < -0.3 is 0 Å². The second-order valence-electron chi connectivity index (χ2n) is 3.82. The summed E-state index contributed by atoms with van der Waals surface area (Å²) in [7, 11) is 0. The molecule has 0 saturated heterocycles. The van der Waals surface area contributed by atoms with Gasteiger partial charge in [0.15, 0.2) is 0 Å². The SMILES string of the molecule is O=[N+]([O-])c1ccc(/C(Br)=C/c2ccccc2Br)cc1. The van der Waals surface area contributed by atoms with Crippen LogP contribution in [0.1, 0.15) is 11.1 Å². The number of rotatable bonds is 3. The third-order valence-corrected chi connectivity index (χ3v) is 3.95. The minimum absolute atomic E-state index is 0.0879. The molecule has 0 aliphatic rings. The zero-order chi connectivity index (χ0) is 13.8. The van der Waals surface area contributed by atoms with Crippen LogP contribution in [-0.2, 0) is 0 Å². The molecule has 2 aromatic carbocycles. The molecule has 0 fully saturated rings. The van der Waals surface area contributed by atoms with Crippen LogP contribution in [0.3, 0.4) is 0 Å². The van der Waals surface area contributed by atoms with Gasteiger partial charge in [0.25, 0.3) is 5.69 Å². The fourth-order valence-corrected chi connectivity index (χ4v) is 2.46. The Balaban J connectivity index is 2.31. The molecular weight excluding hydrogens is 374 g/mol. The van der Waals surface area contributed by atoms with Crippen LogP contribution in [0.4, 0.5) is 5.69 Å². The summed E-state index contributed by atoms with van der Waals surface area (Å²) in [5.74, 6) is 0. The van der Waals surface area contributed by atoms with E-state index in [4.69, 9.17) is 0 Å². The predicted molar refractivity (Wildman–Crippen MR) is 84.0 cm³/mol. The van der Waals surface area contributed by atoms with E-state index in [9.17, 15) is 10.1 Å². The summed E-state index contributed by atoms with van der Waals surface area (Å²) in [6.07, 6.45) is 1.96. The Morgan fingerprint density at radius 1 is 1.11 bits per heavy atom. The molecule has 2 aromatic rings. The van der Waals surface area contributed by atoms with E-state index in [1.54, 1.807) is 12.1 Å². The highest BCUT2D eigenvalue weighted by Crippen LogP contribution is 2.28. The summed E-state index contributed by atoms with van der Waals surface area (Å²) in [6.45, 7) is 0. The first-order valence-corrected chi connectivity index (χ1v) is 7.03. The summed E-state index contributed by atoms with van der Waals surface area (Å²) in [4.78, 5) is 10.2. The summed E-state index contributed by atoms with van der Waals surface area (Å²) >= 11 is 6.96. The van der Waals surface area contributed by atoms with Crippen molar-refractivity contribution in [2.45, 2.75) is 0 Å². The third kappa shape index (κ3) is 3.52.